The topological polar surface area (TPSA) is 111 Å². The predicted octanol–water partition coefficient (Wildman–Crippen LogP) is 4.30. The Bertz CT molecular complexity index is 1360. The number of hydrogen-bond donors (Lipinski definition) is 1. The molecule has 1 heterocycles. The number of para-hydroxylation sites is 1. The van der Waals surface area contributed by atoms with E-state index in [0.717, 1.165) is 10.1 Å². The Labute approximate surface area is 207 Å². The second-order valence-corrected chi connectivity index (χ2v) is 8.17. The molecule has 0 spiro atoms. The van der Waals surface area contributed by atoms with Gasteiger partial charge in [0.1, 0.15) is 17.4 Å². The Kier molecular flexibility index (Phi) is 8.05. The molecule has 1 N–H and O–H groups in total. The third kappa shape index (κ3) is 5.26. The Morgan fingerprint density at radius 2 is 1.83 bits per heavy atom. The van der Waals surface area contributed by atoms with Crippen molar-refractivity contribution < 1.29 is 24.1 Å². The highest BCUT2D eigenvalue weighted by molar-refractivity contribution is 6.32. The average molecular weight is 497 g/mol. The number of hydrogen-bond acceptors (Lipinski definition) is 7. The van der Waals surface area contributed by atoms with E-state index in [9.17, 15) is 20.0 Å². The van der Waals surface area contributed by atoms with Gasteiger partial charge in [-0.3, -0.25) is 14.2 Å². The minimum Gasteiger partial charge on any atom is -0.494 e. The molecule has 3 rings (SSSR count). The first kappa shape index (κ1) is 25.7. The molecule has 182 valence electrons. The summed E-state index contributed by atoms with van der Waals surface area (Å²) in [7, 11) is 3.04. The van der Waals surface area contributed by atoms with E-state index < -0.39 is 23.3 Å². The normalized spacial score (nSPS) is 11.4. The minimum absolute atomic E-state index is 0.0230. The van der Waals surface area contributed by atoms with Gasteiger partial charge in [0.15, 0.2) is 17.6 Å². The van der Waals surface area contributed by atoms with E-state index in [-0.39, 0.29) is 23.2 Å². The summed E-state index contributed by atoms with van der Waals surface area (Å²) in [5.41, 5.74) is -0.149. The fraction of sp³-hybridized carbons (Fsp3) is 0.269. The summed E-state index contributed by atoms with van der Waals surface area (Å²) < 4.78 is 17.3. The Morgan fingerprint density at radius 3 is 2.46 bits per heavy atom. The number of carbonyl (C=O) groups is 1. The molecule has 0 radical (unpaired) electrons. The summed E-state index contributed by atoms with van der Waals surface area (Å²) in [4.78, 5) is 26.2. The minimum atomic E-state index is -1.04. The van der Waals surface area contributed by atoms with E-state index in [2.05, 4.69) is 0 Å². The average Bonchev–Trinajstić information content (AvgIpc) is 2.85. The molecule has 8 nitrogen and oxygen atoms in total. The lowest BCUT2D eigenvalue weighted by atomic mass is 9.99. The largest absolute Gasteiger partial charge is 0.494 e. The highest BCUT2D eigenvalue weighted by Gasteiger charge is 2.28. The maximum Gasteiger partial charge on any atom is 0.271 e. The van der Waals surface area contributed by atoms with Crippen molar-refractivity contribution in [3.8, 4) is 29.2 Å². The summed E-state index contributed by atoms with van der Waals surface area (Å²) in [6.45, 7) is 2.98. The van der Waals surface area contributed by atoms with E-state index in [1.165, 1.54) is 28.1 Å². The van der Waals surface area contributed by atoms with Crippen molar-refractivity contribution in [2.24, 2.45) is 0 Å². The standard InChI is InChI=1S/C26H25ClN2O6/c1-15-18(14-28)25(31)29(12-11-17-9-10-21(33-3)22(13-17)34-4)26(32)23(15)24(30)16(2)35-20-8-6-5-7-19(20)27/h5-10,13,16,32H,11-12H2,1-4H3. The molecule has 1 aromatic heterocycles. The molecule has 0 bridgehead atoms. The first-order valence-corrected chi connectivity index (χ1v) is 11.1. The van der Waals surface area contributed by atoms with Gasteiger partial charge in [0, 0.05) is 6.54 Å². The molecule has 1 unspecified atom stereocenters. The summed E-state index contributed by atoms with van der Waals surface area (Å²) in [5.74, 6) is 0.265. The van der Waals surface area contributed by atoms with Crippen molar-refractivity contribution in [1.82, 2.24) is 4.57 Å². The lowest BCUT2D eigenvalue weighted by Crippen LogP contribution is -2.31. The van der Waals surface area contributed by atoms with Crippen molar-refractivity contribution in [2.75, 3.05) is 14.2 Å². The number of methoxy groups -OCH3 is 2. The number of Topliss-reactive ketones (excluding diaryl/α,β-unsaturated/α-hetero) is 1. The molecule has 0 saturated carbocycles. The van der Waals surface area contributed by atoms with Crippen LogP contribution in [0.1, 0.15) is 34.0 Å². The van der Waals surface area contributed by atoms with Crippen molar-refractivity contribution in [3.63, 3.8) is 0 Å². The van der Waals surface area contributed by atoms with Gasteiger partial charge < -0.3 is 19.3 Å². The molecule has 0 saturated heterocycles. The van der Waals surface area contributed by atoms with Gasteiger partial charge in [0.25, 0.3) is 5.56 Å². The number of nitriles is 1. The van der Waals surface area contributed by atoms with E-state index >= 15 is 0 Å². The Balaban J connectivity index is 1.97. The zero-order valence-electron chi connectivity index (χ0n) is 19.8. The number of nitrogens with zero attached hydrogens (tertiary/aromatic N) is 2. The van der Waals surface area contributed by atoms with Gasteiger partial charge >= 0.3 is 0 Å². The van der Waals surface area contributed by atoms with Crippen LogP contribution in [0.3, 0.4) is 0 Å². The fourth-order valence-electron chi connectivity index (χ4n) is 3.72. The number of aromatic hydroxyl groups is 1. The number of pyridine rings is 1. The van der Waals surface area contributed by atoms with Crippen molar-refractivity contribution >= 4 is 17.4 Å². The van der Waals surface area contributed by atoms with Gasteiger partial charge in [-0.1, -0.05) is 29.8 Å². The quantitative estimate of drug-likeness (QED) is 0.440. The van der Waals surface area contributed by atoms with E-state index in [4.69, 9.17) is 25.8 Å². The van der Waals surface area contributed by atoms with Gasteiger partial charge in [-0.2, -0.15) is 5.26 Å². The monoisotopic (exact) mass is 496 g/mol. The van der Waals surface area contributed by atoms with Crippen LogP contribution in [-0.2, 0) is 13.0 Å². The number of ether oxygens (including phenoxy) is 3. The number of benzene rings is 2. The van der Waals surface area contributed by atoms with E-state index in [1.807, 2.05) is 6.07 Å². The van der Waals surface area contributed by atoms with Crippen molar-refractivity contribution in [3.05, 3.63) is 80.1 Å². The van der Waals surface area contributed by atoms with Crippen molar-refractivity contribution in [2.45, 2.75) is 32.9 Å². The number of aromatic nitrogens is 1. The van der Waals surface area contributed by atoms with Gasteiger partial charge in [0.05, 0.1) is 24.8 Å². The molecule has 0 amide bonds. The van der Waals surface area contributed by atoms with Crippen LogP contribution in [-0.4, -0.2) is 35.8 Å². The molecule has 0 fully saturated rings. The van der Waals surface area contributed by atoms with Crippen LogP contribution in [0, 0.1) is 18.3 Å². The zero-order chi connectivity index (χ0) is 25.7. The summed E-state index contributed by atoms with van der Waals surface area (Å²) in [6.07, 6.45) is -0.719. The van der Waals surface area contributed by atoms with Crippen LogP contribution in [0.25, 0.3) is 0 Å². The molecule has 2 aromatic carbocycles. The van der Waals surface area contributed by atoms with Crippen LogP contribution in [0.4, 0.5) is 0 Å². The first-order valence-electron chi connectivity index (χ1n) is 10.8. The predicted molar refractivity (Wildman–Crippen MR) is 131 cm³/mol. The molecule has 0 aliphatic rings. The first-order chi connectivity index (χ1) is 16.7. The smallest absolute Gasteiger partial charge is 0.271 e. The zero-order valence-corrected chi connectivity index (χ0v) is 20.5. The molecule has 0 aliphatic carbocycles. The Morgan fingerprint density at radius 1 is 1.14 bits per heavy atom. The van der Waals surface area contributed by atoms with Crippen LogP contribution in [0.15, 0.2) is 47.3 Å². The number of carbonyl (C=O) groups excluding carboxylic acids is 1. The Hall–Kier alpha value is -3.96. The van der Waals surface area contributed by atoms with Crippen LogP contribution >= 0.6 is 11.6 Å². The third-order valence-corrected chi connectivity index (χ3v) is 5.94. The number of ketones is 1. The maximum atomic E-state index is 13.3. The van der Waals surface area contributed by atoms with Gasteiger partial charge in [0.2, 0.25) is 11.7 Å². The lowest BCUT2D eigenvalue weighted by Gasteiger charge is -2.19. The SMILES string of the molecule is COc1ccc(CCn2c(O)c(C(=O)C(C)Oc3ccccc3Cl)c(C)c(C#N)c2=O)cc1OC. The molecule has 35 heavy (non-hydrogen) atoms. The molecule has 3 aromatic rings. The van der Waals surface area contributed by atoms with E-state index in [0.29, 0.717) is 28.7 Å². The second-order valence-electron chi connectivity index (χ2n) is 7.76. The summed E-state index contributed by atoms with van der Waals surface area (Å²) in [5, 5.41) is 20.9. The molecular formula is C26H25ClN2O6. The third-order valence-electron chi connectivity index (χ3n) is 5.63. The van der Waals surface area contributed by atoms with Crippen LogP contribution in [0.5, 0.6) is 23.1 Å². The van der Waals surface area contributed by atoms with Gasteiger partial charge in [-0.25, -0.2) is 0 Å². The fourth-order valence-corrected chi connectivity index (χ4v) is 3.90. The van der Waals surface area contributed by atoms with Crippen LogP contribution < -0.4 is 19.8 Å². The highest BCUT2D eigenvalue weighted by Crippen LogP contribution is 2.30. The molecular weight excluding hydrogens is 472 g/mol. The second kappa shape index (κ2) is 11.0. The van der Waals surface area contributed by atoms with Crippen LogP contribution in [0.2, 0.25) is 5.02 Å². The van der Waals surface area contributed by atoms with Crippen molar-refractivity contribution in [1.29, 1.82) is 5.26 Å². The highest BCUT2D eigenvalue weighted by atomic mass is 35.5. The van der Waals surface area contributed by atoms with E-state index in [1.54, 1.807) is 42.5 Å². The lowest BCUT2D eigenvalue weighted by molar-refractivity contribution is 0.0812. The van der Waals surface area contributed by atoms with Gasteiger partial charge in [-0.05, 0) is 55.7 Å². The number of rotatable bonds is 9. The number of aryl methyl sites for hydroxylation is 1. The van der Waals surface area contributed by atoms with Gasteiger partial charge in [-0.15, -0.1) is 0 Å². The summed E-state index contributed by atoms with van der Waals surface area (Å²) in [6, 6.07) is 13.8. The molecule has 9 heteroatoms. The number of halogens is 1. The summed E-state index contributed by atoms with van der Waals surface area (Å²) >= 11 is 6.12. The molecule has 0 aliphatic heterocycles. The maximum absolute atomic E-state index is 13.3. The molecule has 1 atom stereocenters.